The summed E-state index contributed by atoms with van der Waals surface area (Å²) in [4.78, 5) is 26.0. The van der Waals surface area contributed by atoms with Crippen molar-refractivity contribution in [3.63, 3.8) is 0 Å². The van der Waals surface area contributed by atoms with Crippen molar-refractivity contribution in [2.75, 3.05) is 6.61 Å². The average molecular weight is 762 g/mol. The molecule has 0 aliphatic heterocycles. The van der Waals surface area contributed by atoms with Gasteiger partial charge in [-0.05, 0) is 70.6 Å². The Morgan fingerprint density at radius 2 is 0.926 bits per heavy atom. The number of ether oxygens (including phenoxy) is 1. The first-order valence-electron chi connectivity index (χ1n) is 23.6. The van der Waals surface area contributed by atoms with E-state index in [-0.39, 0.29) is 24.9 Å². The van der Waals surface area contributed by atoms with Crippen LogP contribution in [-0.2, 0) is 14.3 Å². The number of rotatable bonds is 42. The predicted octanol–water partition coefficient (Wildman–Crippen LogP) is 13.6. The van der Waals surface area contributed by atoms with Crippen molar-refractivity contribution in [2.45, 2.75) is 264 Å². The van der Waals surface area contributed by atoms with E-state index in [0.717, 1.165) is 70.6 Å². The van der Waals surface area contributed by atoms with Gasteiger partial charge in [0.1, 0.15) is 6.10 Å². The van der Waals surface area contributed by atoms with Gasteiger partial charge in [-0.2, -0.15) is 0 Å². The summed E-state index contributed by atoms with van der Waals surface area (Å²) in [5.74, 6) is -0.488. The summed E-state index contributed by atoms with van der Waals surface area (Å²) < 4.78 is 5.89. The summed E-state index contributed by atoms with van der Waals surface area (Å²) in [5, 5.41) is 23.7. The zero-order chi connectivity index (χ0) is 39.6. The van der Waals surface area contributed by atoms with Gasteiger partial charge < -0.3 is 20.3 Å². The van der Waals surface area contributed by atoms with Gasteiger partial charge in [0, 0.05) is 6.42 Å². The van der Waals surface area contributed by atoms with E-state index in [2.05, 4.69) is 50.4 Å². The number of aliphatic hydroxyl groups is 2. The maximum atomic E-state index is 13.1. The number of nitrogens with one attached hydrogen (secondary N) is 1. The fourth-order valence-electron chi connectivity index (χ4n) is 7.13. The highest BCUT2D eigenvalue weighted by Gasteiger charge is 2.24. The number of unbranched alkanes of at least 4 members (excludes halogenated alkanes) is 26. The molecule has 0 saturated heterocycles. The maximum Gasteiger partial charge on any atom is 0.306 e. The van der Waals surface area contributed by atoms with E-state index < -0.39 is 18.2 Å². The lowest BCUT2D eigenvalue weighted by molar-refractivity contribution is -0.151. The molecule has 3 atom stereocenters. The second-order valence-corrected chi connectivity index (χ2v) is 16.2. The van der Waals surface area contributed by atoms with E-state index in [9.17, 15) is 19.8 Å². The normalized spacial score (nSPS) is 13.5. The minimum absolute atomic E-state index is 0.0716. The maximum absolute atomic E-state index is 13.1. The topological polar surface area (TPSA) is 95.9 Å². The minimum Gasteiger partial charge on any atom is -0.462 e. The van der Waals surface area contributed by atoms with E-state index in [0.29, 0.717) is 19.3 Å². The first-order chi connectivity index (χ1) is 26.5. The SMILES string of the molecule is CCC/C=C\CCCCCCCC(=O)OC(CCCCCCC/C=C\CCCCCC)CC(=O)NC(CO)C(O)CCCCCCCCCCCCCC. The Hall–Kier alpha value is -1.66. The molecule has 0 bridgehead atoms. The van der Waals surface area contributed by atoms with E-state index in [1.165, 1.54) is 128 Å². The van der Waals surface area contributed by atoms with Crippen molar-refractivity contribution in [3.8, 4) is 0 Å². The third-order valence-electron chi connectivity index (χ3n) is 10.7. The molecule has 0 aliphatic rings. The number of amides is 1. The van der Waals surface area contributed by atoms with Crippen LogP contribution in [0.1, 0.15) is 245 Å². The van der Waals surface area contributed by atoms with Gasteiger partial charge in [-0.15, -0.1) is 0 Å². The molecule has 6 nitrogen and oxygen atoms in total. The molecule has 0 aromatic heterocycles. The number of hydrogen-bond acceptors (Lipinski definition) is 5. The molecule has 0 fully saturated rings. The Labute approximate surface area is 335 Å². The largest absolute Gasteiger partial charge is 0.462 e. The van der Waals surface area contributed by atoms with Crippen LogP contribution >= 0.6 is 0 Å². The molecule has 318 valence electrons. The van der Waals surface area contributed by atoms with E-state index in [1.807, 2.05) is 0 Å². The van der Waals surface area contributed by atoms with Crippen molar-refractivity contribution in [3.05, 3.63) is 24.3 Å². The number of allylic oxidation sites excluding steroid dienone is 4. The van der Waals surface area contributed by atoms with Gasteiger partial charge in [0.2, 0.25) is 5.91 Å². The third-order valence-corrected chi connectivity index (χ3v) is 10.7. The quantitative estimate of drug-likeness (QED) is 0.0327. The van der Waals surface area contributed by atoms with Crippen molar-refractivity contribution >= 4 is 11.9 Å². The van der Waals surface area contributed by atoms with Crippen LogP contribution in [0.3, 0.4) is 0 Å². The first kappa shape index (κ1) is 52.3. The van der Waals surface area contributed by atoms with Crippen molar-refractivity contribution < 1.29 is 24.5 Å². The van der Waals surface area contributed by atoms with E-state index >= 15 is 0 Å². The summed E-state index contributed by atoms with van der Waals surface area (Å²) in [6.07, 6.45) is 46.6. The molecule has 0 aromatic carbocycles. The van der Waals surface area contributed by atoms with Crippen LogP contribution in [0.4, 0.5) is 0 Å². The smallest absolute Gasteiger partial charge is 0.306 e. The Balaban J connectivity index is 4.58. The molecule has 0 rings (SSSR count). The molecule has 0 aromatic rings. The van der Waals surface area contributed by atoms with Gasteiger partial charge in [-0.3, -0.25) is 9.59 Å². The van der Waals surface area contributed by atoms with Crippen LogP contribution < -0.4 is 5.32 Å². The van der Waals surface area contributed by atoms with Gasteiger partial charge in [-0.1, -0.05) is 186 Å². The Bertz CT molecular complexity index is 858. The molecular weight excluding hydrogens is 671 g/mol. The minimum atomic E-state index is -0.786. The number of carbonyl (C=O) groups is 2. The Morgan fingerprint density at radius 1 is 0.519 bits per heavy atom. The molecule has 0 saturated carbocycles. The number of aliphatic hydroxyl groups excluding tert-OH is 2. The summed E-state index contributed by atoms with van der Waals surface area (Å²) in [6, 6.07) is -0.700. The molecular formula is C48H91NO5. The molecule has 3 unspecified atom stereocenters. The summed E-state index contributed by atoms with van der Waals surface area (Å²) >= 11 is 0. The highest BCUT2D eigenvalue weighted by molar-refractivity contribution is 5.77. The summed E-state index contributed by atoms with van der Waals surface area (Å²) in [5.41, 5.74) is 0. The van der Waals surface area contributed by atoms with Crippen LogP contribution in [0.5, 0.6) is 0 Å². The van der Waals surface area contributed by atoms with Crippen LogP contribution in [0, 0.1) is 0 Å². The molecule has 0 aliphatic carbocycles. The van der Waals surface area contributed by atoms with Crippen LogP contribution in [0.2, 0.25) is 0 Å². The zero-order valence-electron chi connectivity index (χ0n) is 36.1. The van der Waals surface area contributed by atoms with Crippen molar-refractivity contribution in [2.24, 2.45) is 0 Å². The van der Waals surface area contributed by atoms with Gasteiger partial charge in [0.15, 0.2) is 0 Å². The molecule has 0 spiro atoms. The fourth-order valence-corrected chi connectivity index (χ4v) is 7.13. The zero-order valence-corrected chi connectivity index (χ0v) is 36.1. The number of hydrogen-bond donors (Lipinski definition) is 3. The highest BCUT2D eigenvalue weighted by Crippen LogP contribution is 2.17. The van der Waals surface area contributed by atoms with E-state index in [1.54, 1.807) is 0 Å². The van der Waals surface area contributed by atoms with Gasteiger partial charge in [0.25, 0.3) is 0 Å². The fraction of sp³-hybridized carbons (Fsp3) is 0.875. The molecule has 0 heterocycles. The summed E-state index contributed by atoms with van der Waals surface area (Å²) in [7, 11) is 0. The molecule has 54 heavy (non-hydrogen) atoms. The third kappa shape index (κ3) is 37.3. The highest BCUT2D eigenvalue weighted by atomic mass is 16.5. The second kappa shape index (κ2) is 42.5. The lowest BCUT2D eigenvalue weighted by Gasteiger charge is -2.24. The lowest BCUT2D eigenvalue weighted by Crippen LogP contribution is -2.46. The molecule has 1 amide bonds. The number of carbonyl (C=O) groups excluding carboxylic acids is 2. The summed E-state index contributed by atoms with van der Waals surface area (Å²) in [6.45, 7) is 6.40. The number of esters is 1. The average Bonchev–Trinajstić information content (AvgIpc) is 3.16. The predicted molar refractivity (Wildman–Crippen MR) is 232 cm³/mol. The Morgan fingerprint density at radius 3 is 1.41 bits per heavy atom. The van der Waals surface area contributed by atoms with E-state index in [4.69, 9.17) is 4.74 Å². The van der Waals surface area contributed by atoms with Gasteiger partial charge in [0.05, 0.1) is 25.2 Å². The molecule has 3 N–H and O–H groups in total. The second-order valence-electron chi connectivity index (χ2n) is 16.2. The standard InChI is InChI=1S/C48H91NO5/c1-4-7-10-13-16-19-22-24-25-27-30-33-36-39-44(54-48(53)41-38-35-32-29-21-18-15-12-9-6-3)42-47(52)49-45(43-50)46(51)40-37-34-31-28-26-23-20-17-14-11-8-5-2/h12,15,19,22,44-46,50-51H,4-11,13-14,16-18,20-21,23-43H2,1-3H3,(H,49,52)/b15-12-,22-19-. The Kier molecular flexibility index (Phi) is 41.2. The van der Waals surface area contributed by atoms with Gasteiger partial charge in [-0.25, -0.2) is 0 Å². The van der Waals surface area contributed by atoms with Crippen LogP contribution in [-0.4, -0.2) is 46.9 Å². The molecule has 6 heteroatoms. The van der Waals surface area contributed by atoms with Gasteiger partial charge >= 0.3 is 5.97 Å². The first-order valence-corrected chi connectivity index (χ1v) is 23.6. The van der Waals surface area contributed by atoms with Crippen LogP contribution in [0.15, 0.2) is 24.3 Å². The van der Waals surface area contributed by atoms with Crippen LogP contribution in [0.25, 0.3) is 0 Å². The monoisotopic (exact) mass is 762 g/mol. The lowest BCUT2D eigenvalue weighted by atomic mass is 10.0. The van der Waals surface area contributed by atoms with Crippen molar-refractivity contribution in [1.29, 1.82) is 0 Å². The molecule has 0 radical (unpaired) electrons. The van der Waals surface area contributed by atoms with Crippen molar-refractivity contribution in [1.82, 2.24) is 5.32 Å².